The number of hydrogen-bond donors (Lipinski definition) is 3. The minimum Gasteiger partial charge on any atom is -0.472 e. The van der Waals surface area contributed by atoms with Gasteiger partial charge < -0.3 is 25.4 Å². The average molecular weight is 419 g/mol. The van der Waals surface area contributed by atoms with Crippen LogP contribution < -0.4 is 16.4 Å². The van der Waals surface area contributed by atoms with Crippen molar-refractivity contribution in [3.63, 3.8) is 0 Å². The van der Waals surface area contributed by atoms with E-state index in [0.29, 0.717) is 37.4 Å². The Morgan fingerprint density at radius 1 is 1.10 bits per heavy atom. The van der Waals surface area contributed by atoms with Crippen molar-refractivity contribution < 1.29 is 4.42 Å². The van der Waals surface area contributed by atoms with Crippen LogP contribution in [0, 0.1) is 0 Å². The molecule has 9 heteroatoms. The quantitative estimate of drug-likeness (QED) is 0.397. The van der Waals surface area contributed by atoms with Crippen molar-refractivity contribution in [3.05, 3.63) is 48.8 Å². The maximum Gasteiger partial charge on any atom is 0.226 e. The second-order valence-corrected chi connectivity index (χ2v) is 7.79. The number of rotatable bonds is 8. The van der Waals surface area contributed by atoms with Crippen LogP contribution in [0.2, 0.25) is 0 Å². The zero-order valence-electron chi connectivity index (χ0n) is 17.3. The summed E-state index contributed by atoms with van der Waals surface area (Å²) in [7, 11) is 0. The first-order chi connectivity index (χ1) is 15.3. The predicted octanol–water partition coefficient (Wildman–Crippen LogP) is 3.58. The van der Waals surface area contributed by atoms with Crippen LogP contribution in [0.4, 0.5) is 11.8 Å². The lowest BCUT2D eigenvalue weighted by atomic mass is 10.2. The second kappa shape index (κ2) is 8.73. The van der Waals surface area contributed by atoms with E-state index in [2.05, 4.69) is 30.2 Å². The van der Waals surface area contributed by atoms with Crippen LogP contribution in [-0.2, 0) is 6.54 Å². The molecule has 1 aliphatic rings. The number of nitrogens with zero attached hydrogens (tertiary/aromatic N) is 5. The van der Waals surface area contributed by atoms with Gasteiger partial charge in [0.1, 0.15) is 0 Å². The molecule has 5 rings (SSSR count). The topological polar surface area (TPSA) is 120 Å². The molecule has 4 heterocycles. The number of aromatic nitrogens is 5. The molecule has 4 aromatic rings. The van der Waals surface area contributed by atoms with Gasteiger partial charge in [-0.25, -0.2) is 4.98 Å². The standard InChI is InChI=1S/C22H26N8O/c23-8-9-24-22-28-20(19-21(29-22)30(14-27-19)17-3-1-2-4-17)26-12-15-5-6-18(25-11-15)16-7-10-31-13-16/h5-7,10-11,13-14,17H,1-4,8-9,12,23H2,(H2,24,26,28,29). The summed E-state index contributed by atoms with van der Waals surface area (Å²) in [6.07, 6.45) is 11.9. The first kappa shape index (κ1) is 19.5. The third-order valence-corrected chi connectivity index (χ3v) is 5.67. The molecular formula is C22H26N8O. The second-order valence-electron chi connectivity index (χ2n) is 7.79. The number of furan rings is 1. The van der Waals surface area contributed by atoms with Crippen LogP contribution >= 0.6 is 0 Å². The lowest BCUT2D eigenvalue weighted by molar-refractivity contribution is 0.529. The number of nitrogens with one attached hydrogen (secondary N) is 2. The van der Waals surface area contributed by atoms with E-state index >= 15 is 0 Å². The summed E-state index contributed by atoms with van der Waals surface area (Å²) in [5.74, 6) is 1.27. The fraction of sp³-hybridized carbons (Fsp3) is 0.364. The van der Waals surface area contributed by atoms with Crippen LogP contribution in [0.5, 0.6) is 0 Å². The van der Waals surface area contributed by atoms with Crippen LogP contribution in [0.25, 0.3) is 22.4 Å². The normalized spacial score (nSPS) is 14.4. The van der Waals surface area contributed by atoms with E-state index in [-0.39, 0.29) is 0 Å². The lowest BCUT2D eigenvalue weighted by Crippen LogP contribution is -2.16. The molecule has 4 N–H and O–H groups in total. The third-order valence-electron chi connectivity index (χ3n) is 5.67. The van der Waals surface area contributed by atoms with Gasteiger partial charge in [0.2, 0.25) is 5.95 Å². The molecule has 1 aliphatic carbocycles. The highest BCUT2D eigenvalue weighted by molar-refractivity contribution is 5.84. The molecule has 0 amide bonds. The molecule has 160 valence electrons. The van der Waals surface area contributed by atoms with Crippen LogP contribution in [0.1, 0.15) is 37.3 Å². The SMILES string of the molecule is NCCNc1nc(NCc2ccc(-c3ccoc3)nc2)c2ncn(C3CCCC3)c2n1. The van der Waals surface area contributed by atoms with E-state index in [9.17, 15) is 0 Å². The number of fused-ring (bicyclic) bond motifs is 1. The van der Waals surface area contributed by atoms with Gasteiger partial charge in [0.15, 0.2) is 17.0 Å². The molecule has 1 fully saturated rings. The van der Waals surface area contributed by atoms with Crippen LogP contribution in [0.15, 0.2) is 47.7 Å². The molecular weight excluding hydrogens is 392 g/mol. The highest BCUT2D eigenvalue weighted by atomic mass is 16.3. The van der Waals surface area contributed by atoms with Gasteiger partial charge in [-0.1, -0.05) is 18.9 Å². The van der Waals surface area contributed by atoms with Crippen LogP contribution in [0.3, 0.4) is 0 Å². The van der Waals surface area contributed by atoms with E-state index in [1.54, 1.807) is 12.5 Å². The molecule has 0 aliphatic heterocycles. The Kier molecular flexibility index (Phi) is 5.49. The highest BCUT2D eigenvalue weighted by Gasteiger charge is 2.21. The molecule has 31 heavy (non-hydrogen) atoms. The zero-order chi connectivity index (χ0) is 21.0. The van der Waals surface area contributed by atoms with E-state index in [0.717, 1.165) is 28.0 Å². The molecule has 0 radical (unpaired) electrons. The van der Waals surface area contributed by atoms with Crippen molar-refractivity contribution in [1.29, 1.82) is 0 Å². The summed E-state index contributed by atoms with van der Waals surface area (Å²) in [4.78, 5) is 18.6. The predicted molar refractivity (Wildman–Crippen MR) is 120 cm³/mol. The van der Waals surface area contributed by atoms with Gasteiger partial charge in [0.05, 0.1) is 24.5 Å². The maximum absolute atomic E-state index is 5.65. The summed E-state index contributed by atoms with van der Waals surface area (Å²) in [6, 6.07) is 6.38. The Balaban J connectivity index is 1.40. The molecule has 9 nitrogen and oxygen atoms in total. The largest absolute Gasteiger partial charge is 0.472 e. The van der Waals surface area contributed by atoms with Crippen LogP contribution in [-0.4, -0.2) is 37.6 Å². The van der Waals surface area contributed by atoms with Crippen molar-refractivity contribution in [2.45, 2.75) is 38.3 Å². The van der Waals surface area contributed by atoms with E-state index < -0.39 is 0 Å². The van der Waals surface area contributed by atoms with Gasteiger partial charge in [-0.15, -0.1) is 0 Å². The Morgan fingerprint density at radius 2 is 2.00 bits per heavy atom. The van der Waals surface area contributed by atoms with Gasteiger partial charge in [-0.3, -0.25) is 4.98 Å². The summed E-state index contributed by atoms with van der Waals surface area (Å²) in [6.45, 7) is 1.71. The molecule has 0 aromatic carbocycles. The van der Waals surface area contributed by atoms with Gasteiger partial charge in [0.25, 0.3) is 0 Å². The molecule has 1 saturated carbocycles. The van der Waals surface area contributed by atoms with Crippen molar-refractivity contribution in [2.24, 2.45) is 5.73 Å². The Morgan fingerprint density at radius 3 is 2.74 bits per heavy atom. The molecule has 0 atom stereocenters. The van der Waals surface area contributed by atoms with Gasteiger partial charge in [0, 0.05) is 37.4 Å². The Labute approximate surface area is 180 Å². The summed E-state index contributed by atoms with van der Waals surface area (Å²) in [5.41, 5.74) is 10.2. The van der Waals surface area contributed by atoms with E-state index in [1.165, 1.54) is 25.7 Å². The Bertz CT molecular complexity index is 1130. The van der Waals surface area contributed by atoms with Crippen molar-refractivity contribution in [3.8, 4) is 11.3 Å². The number of pyridine rings is 1. The Hall–Kier alpha value is -3.46. The first-order valence-corrected chi connectivity index (χ1v) is 10.7. The molecule has 0 saturated heterocycles. The van der Waals surface area contributed by atoms with E-state index in [4.69, 9.17) is 15.1 Å². The minimum atomic E-state index is 0.453. The minimum absolute atomic E-state index is 0.453. The maximum atomic E-state index is 5.65. The summed E-state index contributed by atoms with van der Waals surface area (Å²) in [5, 5.41) is 6.63. The van der Waals surface area contributed by atoms with Crippen molar-refractivity contribution in [1.82, 2.24) is 24.5 Å². The molecule has 0 unspecified atom stereocenters. The van der Waals surface area contributed by atoms with Crippen molar-refractivity contribution in [2.75, 3.05) is 23.7 Å². The number of nitrogens with two attached hydrogens (primary N) is 1. The monoisotopic (exact) mass is 418 g/mol. The number of imidazole rings is 1. The third kappa shape index (κ3) is 4.09. The zero-order valence-corrected chi connectivity index (χ0v) is 17.3. The highest BCUT2D eigenvalue weighted by Crippen LogP contribution is 2.33. The van der Waals surface area contributed by atoms with Gasteiger partial charge in [-0.2, -0.15) is 9.97 Å². The fourth-order valence-electron chi connectivity index (χ4n) is 4.05. The molecule has 4 aromatic heterocycles. The smallest absolute Gasteiger partial charge is 0.226 e. The number of anilines is 2. The summed E-state index contributed by atoms with van der Waals surface area (Å²) < 4.78 is 7.33. The van der Waals surface area contributed by atoms with Gasteiger partial charge in [-0.05, 0) is 30.5 Å². The lowest BCUT2D eigenvalue weighted by Gasteiger charge is -2.13. The summed E-state index contributed by atoms with van der Waals surface area (Å²) >= 11 is 0. The van der Waals surface area contributed by atoms with Gasteiger partial charge >= 0.3 is 0 Å². The molecule has 0 bridgehead atoms. The molecule has 0 spiro atoms. The van der Waals surface area contributed by atoms with Crippen molar-refractivity contribution >= 4 is 22.9 Å². The first-order valence-electron chi connectivity index (χ1n) is 10.7. The van der Waals surface area contributed by atoms with E-state index in [1.807, 2.05) is 30.7 Å². The average Bonchev–Trinajstić information content (AvgIpc) is 3.57. The number of hydrogen-bond acceptors (Lipinski definition) is 8. The fourth-order valence-corrected chi connectivity index (χ4v) is 4.05.